The third kappa shape index (κ3) is 7.06. The zero-order valence-electron chi connectivity index (χ0n) is 11.9. The number of carboxylic acids is 1. The first-order chi connectivity index (χ1) is 8.99. The number of ether oxygens (including phenoxy) is 2. The summed E-state index contributed by atoms with van der Waals surface area (Å²) in [6.45, 7) is 4.40. The Balaban J connectivity index is 0. The molecule has 0 aliphatic carbocycles. The summed E-state index contributed by atoms with van der Waals surface area (Å²) in [4.78, 5) is 44.7. The molecule has 0 saturated heterocycles. The van der Waals surface area contributed by atoms with Gasteiger partial charge in [-0.2, -0.15) is 0 Å². The number of amides is 1. The molecule has 0 aromatic heterocycles. The second kappa shape index (κ2) is 7.99. The highest BCUT2D eigenvalue weighted by molar-refractivity contribution is 5.85. The van der Waals surface area contributed by atoms with E-state index in [-0.39, 0.29) is 11.2 Å². The van der Waals surface area contributed by atoms with E-state index in [0.717, 1.165) is 7.11 Å². The van der Waals surface area contributed by atoms with E-state index in [1.54, 1.807) is 0 Å². The van der Waals surface area contributed by atoms with Gasteiger partial charge in [-0.05, 0) is 25.8 Å². The molecule has 119 valence electrons. The van der Waals surface area contributed by atoms with E-state index < -0.39 is 41.1 Å². The molecule has 0 spiro atoms. The van der Waals surface area contributed by atoms with Crippen LogP contribution in [-0.4, -0.2) is 51.9 Å². The lowest BCUT2D eigenvalue weighted by Crippen LogP contribution is -2.51. The van der Waals surface area contributed by atoms with Gasteiger partial charge in [0.1, 0.15) is 5.60 Å². The molecule has 0 aliphatic heterocycles. The van der Waals surface area contributed by atoms with Gasteiger partial charge < -0.3 is 14.6 Å². The summed E-state index contributed by atoms with van der Waals surface area (Å²) in [7, 11) is 0.921. The van der Waals surface area contributed by atoms with E-state index in [0.29, 0.717) is 0 Å². The van der Waals surface area contributed by atoms with E-state index in [2.05, 4.69) is 4.74 Å². The average molecular weight is 306 g/mol. The third-order valence-corrected chi connectivity index (χ3v) is 1.89. The summed E-state index contributed by atoms with van der Waals surface area (Å²) >= 11 is 0. The van der Waals surface area contributed by atoms with Crippen LogP contribution in [0, 0.1) is 10.1 Å². The number of rotatable bonds is 5. The van der Waals surface area contributed by atoms with Crippen LogP contribution in [0.15, 0.2) is 0 Å². The van der Waals surface area contributed by atoms with Crippen LogP contribution in [0.4, 0.5) is 4.79 Å². The molecule has 0 aromatic carbocycles. The number of methoxy groups -OCH3 is 1. The third-order valence-electron chi connectivity index (χ3n) is 1.89. The minimum absolute atomic E-state index is 0. The molecule has 1 N–H and O–H groups in total. The smallest absolute Gasteiger partial charge is 0.469 e. The largest absolute Gasteiger partial charge is 0.481 e. The van der Waals surface area contributed by atoms with E-state index in [4.69, 9.17) is 9.84 Å². The maximum absolute atomic E-state index is 11.7. The van der Waals surface area contributed by atoms with E-state index >= 15 is 0 Å². The fraction of sp³-hybridized carbons (Fsp3) is 0.700. The van der Waals surface area contributed by atoms with Crippen molar-refractivity contribution in [2.45, 2.75) is 38.8 Å². The lowest BCUT2D eigenvalue weighted by atomic mass is 10.2. The number of aliphatic carboxylic acids is 1. The number of hydrogen-bond acceptors (Lipinski definition) is 7. The van der Waals surface area contributed by atoms with E-state index in [1.165, 1.54) is 20.8 Å². The second-order valence-corrected chi connectivity index (χ2v) is 4.70. The van der Waals surface area contributed by atoms with Gasteiger partial charge in [0.05, 0.1) is 13.5 Å². The Morgan fingerprint density at radius 1 is 1.33 bits per heavy atom. The highest BCUT2D eigenvalue weighted by Gasteiger charge is 2.43. The molecule has 3 radical (unpaired) electrons. The molecule has 11 nitrogen and oxygen atoms in total. The molecule has 0 aromatic rings. The fourth-order valence-electron chi connectivity index (χ4n) is 1.19. The minimum Gasteiger partial charge on any atom is -0.481 e. The Bertz CT molecular complexity index is 417. The van der Waals surface area contributed by atoms with Gasteiger partial charge in [0.15, 0.2) is 5.03 Å². The van der Waals surface area contributed by atoms with E-state index in [1.807, 2.05) is 0 Å². The van der Waals surface area contributed by atoms with Crippen molar-refractivity contribution in [2.75, 3.05) is 7.11 Å². The zero-order valence-corrected chi connectivity index (χ0v) is 11.9. The van der Waals surface area contributed by atoms with Crippen molar-refractivity contribution >= 4 is 18.0 Å². The minimum atomic E-state index is -1.91. The Morgan fingerprint density at radius 2 is 1.81 bits per heavy atom. The molecule has 0 heterocycles. The number of esters is 1. The lowest BCUT2D eigenvalue weighted by Gasteiger charge is -2.24. The van der Waals surface area contributed by atoms with Crippen LogP contribution in [-0.2, 0) is 19.1 Å². The van der Waals surface area contributed by atoms with Crippen LogP contribution >= 0.6 is 0 Å². The van der Waals surface area contributed by atoms with Crippen molar-refractivity contribution in [1.29, 1.82) is 0 Å². The standard InChI is InChI=1S/C10H16N2O8.N/c1-10(2,3)20-9(16)11(12(17)18)6(5-7(13)14)8(15)19-4;/h6H,5H2,1-4H3,(H,13,14);/t6-;/m0./s1. The van der Waals surface area contributed by atoms with Gasteiger partial charge in [-0.15, -0.1) is 0 Å². The number of carbonyl (C=O) groups is 3. The van der Waals surface area contributed by atoms with Gasteiger partial charge >= 0.3 is 18.0 Å². The van der Waals surface area contributed by atoms with Crippen molar-refractivity contribution in [2.24, 2.45) is 0 Å². The molecule has 11 heteroatoms. The molecular formula is C10H16N3O8. The summed E-state index contributed by atoms with van der Waals surface area (Å²) in [5, 5.41) is 18.2. The molecular weight excluding hydrogens is 290 g/mol. The predicted molar refractivity (Wildman–Crippen MR) is 65.3 cm³/mol. The van der Waals surface area contributed by atoms with Crippen molar-refractivity contribution < 1.29 is 34.0 Å². The predicted octanol–water partition coefficient (Wildman–Crippen LogP) is -0.0491. The zero-order chi connectivity index (χ0) is 16.1. The van der Waals surface area contributed by atoms with Gasteiger partial charge in [0.2, 0.25) is 6.04 Å². The lowest BCUT2D eigenvalue weighted by molar-refractivity contribution is -0.641. The van der Waals surface area contributed by atoms with Gasteiger partial charge in [-0.1, -0.05) is 0 Å². The molecule has 0 aliphatic rings. The Hall–Kier alpha value is -2.43. The average Bonchev–Trinajstić information content (AvgIpc) is 2.23. The van der Waals surface area contributed by atoms with Gasteiger partial charge in [0, 0.05) is 6.15 Å². The molecule has 0 bridgehead atoms. The number of hydrogen-bond donors (Lipinski definition) is 1. The topological polar surface area (TPSA) is 167 Å². The number of nitrogens with zero attached hydrogens (tertiary/aromatic N) is 3. The molecule has 0 unspecified atom stereocenters. The number of nitro groups is 1. The maximum Gasteiger partial charge on any atom is 0.469 e. The molecule has 21 heavy (non-hydrogen) atoms. The summed E-state index contributed by atoms with van der Waals surface area (Å²) in [5.41, 5.74) is -1.05. The highest BCUT2D eigenvalue weighted by Crippen LogP contribution is 2.14. The molecule has 0 fully saturated rings. The fourth-order valence-corrected chi connectivity index (χ4v) is 1.19. The normalized spacial score (nSPS) is 11.6. The van der Waals surface area contributed by atoms with Gasteiger partial charge in [0.25, 0.3) is 0 Å². The van der Waals surface area contributed by atoms with Gasteiger partial charge in [-0.25, -0.2) is 19.7 Å². The van der Waals surface area contributed by atoms with Crippen molar-refractivity contribution in [3.05, 3.63) is 10.1 Å². The SMILES string of the molecule is COC(=O)[C@H](CC(=O)O)N(C(=O)OC(C)(C)C)[N+](=O)[O-].[N]. The molecule has 1 atom stereocenters. The maximum atomic E-state index is 11.7. The Labute approximate surface area is 120 Å². The van der Waals surface area contributed by atoms with Gasteiger partial charge in [-0.3, -0.25) is 4.79 Å². The van der Waals surface area contributed by atoms with E-state index in [9.17, 15) is 24.5 Å². The van der Waals surface area contributed by atoms with Crippen LogP contribution < -0.4 is 6.15 Å². The first-order valence-corrected chi connectivity index (χ1v) is 5.45. The molecule has 0 rings (SSSR count). The summed E-state index contributed by atoms with van der Waals surface area (Å²) in [5.74, 6) is -2.73. The molecule has 0 saturated carbocycles. The second-order valence-electron chi connectivity index (χ2n) is 4.70. The van der Waals surface area contributed by atoms with Crippen LogP contribution in [0.1, 0.15) is 27.2 Å². The quantitative estimate of drug-likeness (QED) is 0.419. The van der Waals surface area contributed by atoms with Crippen LogP contribution in [0.3, 0.4) is 0 Å². The number of carboxylic acid groups (broad SMARTS) is 1. The monoisotopic (exact) mass is 306 g/mol. The van der Waals surface area contributed by atoms with Crippen LogP contribution in [0.5, 0.6) is 0 Å². The summed E-state index contributed by atoms with van der Waals surface area (Å²) in [6, 6.07) is -1.91. The Morgan fingerprint density at radius 3 is 2.10 bits per heavy atom. The van der Waals surface area contributed by atoms with Crippen LogP contribution in [0.2, 0.25) is 0 Å². The first-order valence-electron chi connectivity index (χ1n) is 5.45. The van der Waals surface area contributed by atoms with Crippen molar-refractivity contribution in [3.8, 4) is 0 Å². The van der Waals surface area contributed by atoms with Crippen molar-refractivity contribution in [1.82, 2.24) is 11.2 Å². The summed E-state index contributed by atoms with van der Waals surface area (Å²) in [6.07, 6.45) is -2.42. The number of hydrazine groups is 1. The first kappa shape index (κ1) is 20.9. The van der Waals surface area contributed by atoms with Crippen LogP contribution in [0.25, 0.3) is 0 Å². The Kier molecular flexibility index (Phi) is 7.95. The summed E-state index contributed by atoms with van der Waals surface area (Å²) < 4.78 is 9.03. The highest BCUT2D eigenvalue weighted by atomic mass is 16.7. The van der Waals surface area contributed by atoms with Crippen molar-refractivity contribution in [3.63, 3.8) is 0 Å². The molecule has 1 amide bonds. The number of carbonyl (C=O) groups excluding carboxylic acids is 2.